The van der Waals surface area contributed by atoms with Crippen molar-refractivity contribution in [1.82, 2.24) is 0 Å². The highest BCUT2D eigenvalue weighted by molar-refractivity contribution is 6.01. The largest absolute Gasteiger partial charge is 0.478 e. The van der Waals surface area contributed by atoms with Crippen molar-refractivity contribution in [2.45, 2.75) is 26.4 Å². The number of nitrogens with zero attached hydrogens (tertiary/aromatic N) is 1. The van der Waals surface area contributed by atoms with Crippen LogP contribution in [-0.2, 0) is 11.2 Å². The number of amides is 1. The van der Waals surface area contributed by atoms with Crippen LogP contribution in [0.4, 0.5) is 11.4 Å². The van der Waals surface area contributed by atoms with Crippen molar-refractivity contribution in [3.8, 4) is 5.75 Å². The van der Waals surface area contributed by atoms with Crippen LogP contribution in [0.2, 0.25) is 0 Å². The van der Waals surface area contributed by atoms with E-state index in [4.69, 9.17) is 10.5 Å². The van der Waals surface area contributed by atoms with E-state index in [9.17, 15) is 4.79 Å². The molecule has 124 valence electrons. The first-order chi connectivity index (χ1) is 11.4. The summed E-state index contributed by atoms with van der Waals surface area (Å²) in [4.78, 5) is 14.7. The molecule has 0 aliphatic carbocycles. The van der Waals surface area contributed by atoms with Gasteiger partial charge in [-0.2, -0.15) is 0 Å². The maximum Gasteiger partial charge on any atom is 0.268 e. The zero-order valence-electron chi connectivity index (χ0n) is 14.1. The molecular formula is C20H22N2O2. The van der Waals surface area contributed by atoms with Gasteiger partial charge in [-0.25, -0.2) is 0 Å². The van der Waals surface area contributed by atoms with Crippen LogP contribution < -0.4 is 15.4 Å². The minimum absolute atomic E-state index is 0.0578. The summed E-state index contributed by atoms with van der Waals surface area (Å²) < 4.78 is 5.98. The lowest BCUT2D eigenvalue weighted by molar-refractivity contribution is -0.126. The molecule has 4 nitrogen and oxygen atoms in total. The number of carbonyl (C=O) groups is 1. The first-order valence-corrected chi connectivity index (χ1v) is 8.01. The van der Waals surface area contributed by atoms with Crippen LogP contribution in [0, 0.1) is 6.92 Å². The summed E-state index contributed by atoms with van der Waals surface area (Å²) in [5.41, 5.74) is 10.4. The Hall–Kier alpha value is -2.75. The van der Waals surface area contributed by atoms with E-state index in [1.54, 1.807) is 17.0 Å². The van der Waals surface area contributed by atoms with Crippen LogP contribution in [0.3, 0.4) is 0 Å². The Bertz CT molecular complexity index is 798. The molecule has 0 saturated heterocycles. The maximum absolute atomic E-state index is 12.9. The van der Waals surface area contributed by atoms with E-state index in [0.717, 1.165) is 11.1 Å². The van der Waals surface area contributed by atoms with Gasteiger partial charge in [0, 0.05) is 18.7 Å². The number of carbonyl (C=O) groups excluding carboxylic acids is 1. The lowest BCUT2D eigenvalue weighted by Gasteiger charge is -2.34. The van der Waals surface area contributed by atoms with Crippen LogP contribution in [0.1, 0.15) is 18.1 Å². The molecule has 2 N–H and O–H groups in total. The molecule has 2 aromatic rings. The SMILES string of the molecule is C=C(C)CN1C(=O)C(Cc2cccc(C)c2)Oc2ccc(N)cc21. The predicted octanol–water partition coefficient (Wildman–Crippen LogP) is 3.49. The number of anilines is 2. The number of nitrogen functional groups attached to an aromatic ring is 1. The van der Waals surface area contributed by atoms with E-state index in [1.165, 1.54) is 5.56 Å². The summed E-state index contributed by atoms with van der Waals surface area (Å²) in [6.45, 7) is 8.34. The minimum Gasteiger partial charge on any atom is -0.478 e. The molecule has 24 heavy (non-hydrogen) atoms. The fraction of sp³-hybridized carbons (Fsp3) is 0.250. The maximum atomic E-state index is 12.9. The molecule has 1 unspecified atom stereocenters. The molecule has 3 rings (SSSR count). The zero-order chi connectivity index (χ0) is 17.3. The standard InChI is InChI=1S/C20H22N2O2/c1-13(2)12-22-17-11-16(21)7-8-18(17)24-19(20(22)23)10-15-6-4-5-14(3)9-15/h4-9,11,19H,1,10,12,21H2,2-3H3. The van der Waals surface area contributed by atoms with E-state index >= 15 is 0 Å². The van der Waals surface area contributed by atoms with Crippen molar-refractivity contribution in [3.05, 3.63) is 65.7 Å². The Morgan fingerprint density at radius 2 is 2.08 bits per heavy atom. The third-order valence-electron chi connectivity index (χ3n) is 4.02. The molecule has 1 aliphatic rings. The molecule has 1 heterocycles. The van der Waals surface area contributed by atoms with Gasteiger partial charge in [0.2, 0.25) is 0 Å². The molecule has 1 amide bonds. The van der Waals surface area contributed by atoms with Crippen molar-refractivity contribution in [2.75, 3.05) is 17.2 Å². The fourth-order valence-corrected chi connectivity index (χ4v) is 2.96. The fourth-order valence-electron chi connectivity index (χ4n) is 2.96. The summed E-state index contributed by atoms with van der Waals surface area (Å²) in [7, 11) is 0. The number of rotatable bonds is 4. The quantitative estimate of drug-likeness (QED) is 0.692. The minimum atomic E-state index is -0.540. The van der Waals surface area contributed by atoms with Crippen molar-refractivity contribution in [1.29, 1.82) is 0 Å². The second-order valence-electron chi connectivity index (χ2n) is 6.41. The second-order valence-corrected chi connectivity index (χ2v) is 6.41. The summed E-state index contributed by atoms with van der Waals surface area (Å²) >= 11 is 0. The van der Waals surface area contributed by atoms with Crippen LogP contribution >= 0.6 is 0 Å². The van der Waals surface area contributed by atoms with Gasteiger partial charge in [0.15, 0.2) is 6.10 Å². The highest BCUT2D eigenvalue weighted by Gasteiger charge is 2.34. The highest BCUT2D eigenvalue weighted by atomic mass is 16.5. The van der Waals surface area contributed by atoms with Crippen molar-refractivity contribution in [3.63, 3.8) is 0 Å². The number of aryl methyl sites for hydroxylation is 1. The molecule has 1 atom stereocenters. The Balaban J connectivity index is 1.94. The third kappa shape index (κ3) is 3.27. The third-order valence-corrected chi connectivity index (χ3v) is 4.02. The zero-order valence-corrected chi connectivity index (χ0v) is 14.1. The van der Waals surface area contributed by atoms with Gasteiger partial charge >= 0.3 is 0 Å². The van der Waals surface area contributed by atoms with Gasteiger partial charge < -0.3 is 15.4 Å². The molecule has 0 radical (unpaired) electrons. The normalized spacial score (nSPS) is 16.5. The average molecular weight is 322 g/mol. The number of hydrogen-bond donors (Lipinski definition) is 1. The van der Waals surface area contributed by atoms with Crippen molar-refractivity contribution < 1.29 is 9.53 Å². The monoisotopic (exact) mass is 322 g/mol. The van der Waals surface area contributed by atoms with Crippen LogP contribution in [-0.4, -0.2) is 18.6 Å². The van der Waals surface area contributed by atoms with E-state index in [0.29, 0.717) is 30.1 Å². The van der Waals surface area contributed by atoms with Gasteiger partial charge in [0.25, 0.3) is 5.91 Å². The van der Waals surface area contributed by atoms with E-state index in [-0.39, 0.29) is 5.91 Å². The lowest BCUT2D eigenvalue weighted by Crippen LogP contribution is -2.47. The number of nitrogens with two attached hydrogens (primary N) is 1. The lowest BCUT2D eigenvalue weighted by atomic mass is 10.0. The number of benzene rings is 2. The van der Waals surface area contributed by atoms with Gasteiger partial charge in [0.1, 0.15) is 5.75 Å². The van der Waals surface area contributed by atoms with E-state index < -0.39 is 6.10 Å². The van der Waals surface area contributed by atoms with Crippen LogP contribution in [0.15, 0.2) is 54.6 Å². The number of ether oxygens (including phenoxy) is 1. The van der Waals surface area contributed by atoms with E-state index in [2.05, 4.69) is 12.6 Å². The molecule has 0 fully saturated rings. The Kier molecular flexibility index (Phi) is 4.30. The molecule has 2 aromatic carbocycles. The number of fused-ring (bicyclic) bond motifs is 1. The van der Waals surface area contributed by atoms with Gasteiger partial charge in [-0.1, -0.05) is 42.0 Å². The Morgan fingerprint density at radius 1 is 1.29 bits per heavy atom. The summed E-state index contributed by atoms with van der Waals surface area (Å²) in [6.07, 6.45) is -0.000850. The second kappa shape index (κ2) is 6.40. The topological polar surface area (TPSA) is 55.6 Å². The summed E-state index contributed by atoms with van der Waals surface area (Å²) in [6, 6.07) is 13.5. The molecule has 0 saturated carbocycles. The van der Waals surface area contributed by atoms with Crippen LogP contribution in [0.25, 0.3) is 0 Å². The van der Waals surface area contributed by atoms with Crippen molar-refractivity contribution in [2.24, 2.45) is 0 Å². The summed E-state index contributed by atoms with van der Waals surface area (Å²) in [5.74, 6) is 0.625. The molecular weight excluding hydrogens is 300 g/mol. The Labute approximate surface area is 142 Å². The van der Waals surface area contributed by atoms with Gasteiger partial charge in [-0.05, 0) is 37.6 Å². The Morgan fingerprint density at radius 3 is 2.79 bits per heavy atom. The molecule has 0 spiro atoms. The summed E-state index contributed by atoms with van der Waals surface area (Å²) in [5, 5.41) is 0. The first kappa shape index (κ1) is 16.1. The van der Waals surface area contributed by atoms with Crippen molar-refractivity contribution >= 4 is 17.3 Å². The molecule has 0 aromatic heterocycles. The van der Waals surface area contributed by atoms with Crippen LogP contribution in [0.5, 0.6) is 5.75 Å². The smallest absolute Gasteiger partial charge is 0.268 e. The molecule has 1 aliphatic heterocycles. The average Bonchev–Trinajstić information content (AvgIpc) is 2.52. The first-order valence-electron chi connectivity index (χ1n) is 8.01. The van der Waals surface area contributed by atoms with Gasteiger partial charge in [0.05, 0.1) is 5.69 Å². The molecule has 0 bridgehead atoms. The number of hydrogen-bond acceptors (Lipinski definition) is 3. The molecule has 4 heteroatoms. The highest BCUT2D eigenvalue weighted by Crippen LogP contribution is 2.36. The van der Waals surface area contributed by atoms with Gasteiger partial charge in [-0.15, -0.1) is 0 Å². The predicted molar refractivity (Wildman–Crippen MR) is 97.3 cm³/mol. The van der Waals surface area contributed by atoms with Gasteiger partial charge in [-0.3, -0.25) is 4.79 Å². The van der Waals surface area contributed by atoms with E-state index in [1.807, 2.05) is 38.1 Å².